The highest BCUT2D eigenvalue weighted by atomic mass is 32.1. The molecule has 0 aliphatic heterocycles. The van der Waals surface area contributed by atoms with E-state index in [2.05, 4.69) is 33.4 Å². The Bertz CT molecular complexity index is 506. The average Bonchev–Trinajstić information content (AvgIpc) is 2.99. The standard InChI is InChI=1S/C17H30N2O5S/c1-17(2,3)10-6-5-7-12(10)19(13(9-25)16(23)24-4)15(22)11(18)8-14(20)21/h10-13,25H,5-9,18H2,1-4H3,(H,20,21)/t10?,11-,12-,13-/m0/s1. The summed E-state index contributed by atoms with van der Waals surface area (Å²) in [7, 11) is 1.26. The highest BCUT2D eigenvalue weighted by Crippen LogP contribution is 2.42. The van der Waals surface area contributed by atoms with E-state index < -0.39 is 36.4 Å². The average molecular weight is 375 g/mol. The largest absolute Gasteiger partial charge is 0.481 e. The van der Waals surface area contributed by atoms with Crippen LogP contribution >= 0.6 is 12.6 Å². The van der Waals surface area contributed by atoms with Gasteiger partial charge in [-0.1, -0.05) is 27.2 Å². The number of amides is 1. The number of hydrogen-bond donors (Lipinski definition) is 3. The summed E-state index contributed by atoms with van der Waals surface area (Å²) in [5.74, 6) is -1.98. The molecule has 25 heavy (non-hydrogen) atoms. The Morgan fingerprint density at radius 3 is 2.36 bits per heavy atom. The highest BCUT2D eigenvalue weighted by Gasteiger charge is 2.45. The van der Waals surface area contributed by atoms with Crippen molar-refractivity contribution in [3.8, 4) is 0 Å². The predicted molar refractivity (Wildman–Crippen MR) is 97.3 cm³/mol. The molecule has 4 atom stereocenters. The van der Waals surface area contributed by atoms with Crippen LogP contribution in [0.15, 0.2) is 0 Å². The molecule has 3 N–H and O–H groups in total. The van der Waals surface area contributed by atoms with E-state index in [0.717, 1.165) is 19.3 Å². The molecule has 8 heteroatoms. The minimum absolute atomic E-state index is 0.0616. The lowest BCUT2D eigenvalue weighted by Crippen LogP contribution is -2.59. The van der Waals surface area contributed by atoms with E-state index in [1.54, 1.807) is 0 Å². The van der Waals surface area contributed by atoms with Gasteiger partial charge in [0.1, 0.15) is 6.04 Å². The van der Waals surface area contributed by atoms with Crippen LogP contribution in [0.5, 0.6) is 0 Å². The number of aliphatic carboxylic acids is 1. The van der Waals surface area contributed by atoms with E-state index in [0.29, 0.717) is 0 Å². The Balaban J connectivity index is 3.24. The van der Waals surface area contributed by atoms with E-state index in [9.17, 15) is 14.4 Å². The lowest BCUT2D eigenvalue weighted by atomic mass is 9.76. The number of carbonyl (C=O) groups excluding carboxylic acids is 2. The lowest BCUT2D eigenvalue weighted by molar-refractivity contribution is -0.156. The van der Waals surface area contributed by atoms with Crippen LogP contribution in [0, 0.1) is 11.3 Å². The second-order valence-electron chi connectivity index (χ2n) is 7.64. The van der Waals surface area contributed by atoms with Gasteiger partial charge in [-0.2, -0.15) is 12.6 Å². The molecule has 1 rings (SSSR count). The molecule has 0 aromatic heterocycles. The molecule has 1 fully saturated rings. The number of thiol groups is 1. The second kappa shape index (κ2) is 8.89. The highest BCUT2D eigenvalue weighted by molar-refractivity contribution is 7.80. The molecule has 0 saturated heterocycles. The van der Waals surface area contributed by atoms with E-state index >= 15 is 0 Å². The van der Waals surface area contributed by atoms with Gasteiger partial charge in [0.25, 0.3) is 0 Å². The first-order valence-corrected chi connectivity index (χ1v) is 9.16. The smallest absolute Gasteiger partial charge is 0.329 e. The van der Waals surface area contributed by atoms with Crippen molar-refractivity contribution in [2.24, 2.45) is 17.1 Å². The van der Waals surface area contributed by atoms with Gasteiger partial charge in [0.2, 0.25) is 5.91 Å². The zero-order chi connectivity index (χ0) is 19.4. The molecule has 0 aromatic carbocycles. The number of nitrogens with zero attached hydrogens (tertiary/aromatic N) is 1. The van der Waals surface area contributed by atoms with Gasteiger partial charge in [0, 0.05) is 11.8 Å². The van der Waals surface area contributed by atoms with Crippen molar-refractivity contribution < 1.29 is 24.2 Å². The molecule has 0 aromatic rings. The number of carbonyl (C=O) groups is 3. The molecule has 0 spiro atoms. The molecular weight excluding hydrogens is 344 g/mol. The maximum atomic E-state index is 13.0. The topological polar surface area (TPSA) is 110 Å². The lowest BCUT2D eigenvalue weighted by Gasteiger charge is -2.42. The van der Waals surface area contributed by atoms with Crippen LogP contribution in [0.4, 0.5) is 0 Å². The van der Waals surface area contributed by atoms with Gasteiger partial charge in [-0.3, -0.25) is 9.59 Å². The van der Waals surface area contributed by atoms with Gasteiger partial charge in [-0.25, -0.2) is 4.79 Å². The van der Waals surface area contributed by atoms with Crippen molar-refractivity contribution in [2.75, 3.05) is 12.9 Å². The summed E-state index contributed by atoms with van der Waals surface area (Å²) < 4.78 is 4.84. The van der Waals surface area contributed by atoms with Crippen LogP contribution in [-0.4, -0.2) is 58.8 Å². The van der Waals surface area contributed by atoms with E-state index in [1.165, 1.54) is 12.0 Å². The Labute approximate surface area is 154 Å². The first kappa shape index (κ1) is 21.8. The van der Waals surface area contributed by atoms with Crippen LogP contribution in [0.3, 0.4) is 0 Å². The van der Waals surface area contributed by atoms with Crippen LogP contribution in [0.2, 0.25) is 0 Å². The molecule has 1 aliphatic rings. The minimum Gasteiger partial charge on any atom is -0.481 e. The van der Waals surface area contributed by atoms with E-state index in [1.807, 2.05) is 0 Å². The number of carboxylic acid groups (broad SMARTS) is 1. The zero-order valence-corrected chi connectivity index (χ0v) is 16.3. The third-order valence-electron chi connectivity index (χ3n) is 4.90. The van der Waals surface area contributed by atoms with Crippen LogP contribution in [-0.2, 0) is 19.1 Å². The molecule has 0 heterocycles. The number of hydrogen-bond acceptors (Lipinski definition) is 6. The summed E-state index contributed by atoms with van der Waals surface area (Å²) in [4.78, 5) is 37.6. The summed E-state index contributed by atoms with van der Waals surface area (Å²) >= 11 is 4.22. The van der Waals surface area contributed by atoms with Crippen molar-refractivity contribution in [3.63, 3.8) is 0 Å². The third kappa shape index (κ3) is 5.34. The number of carboxylic acids is 1. The quantitative estimate of drug-likeness (QED) is 0.458. The molecule has 0 bridgehead atoms. The maximum absolute atomic E-state index is 13.0. The second-order valence-corrected chi connectivity index (χ2v) is 8.01. The normalized spacial score (nSPS) is 23.0. The number of rotatable bonds is 7. The van der Waals surface area contributed by atoms with Gasteiger partial charge in [0.15, 0.2) is 0 Å². The number of esters is 1. The Kier molecular flexibility index (Phi) is 7.74. The van der Waals surface area contributed by atoms with Crippen molar-refractivity contribution >= 4 is 30.5 Å². The molecular formula is C17H30N2O5S. The fourth-order valence-electron chi connectivity index (χ4n) is 3.71. The summed E-state index contributed by atoms with van der Waals surface area (Å²) in [6, 6.07) is -2.28. The van der Waals surface area contributed by atoms with Crippen molar-refractivity contribution in [3.05, 3.63) is 0 Å². The van der Waals surface area contributed by atoms with E-state index in [4.69, 9.17) is 15.6 Å². The number of ether oxygens (including phenoxy) is 1. The zero-order valence-electron chi connectivity index (χ0n) is 15.4. The van der Waals surface area contributed by atoms with Gasteiger partial charge in [0.05, 0.1) is 19.6 Å². The van der Waals surface area contributed by atoms with Crippen molar-refractivity contribution in [1.29, 1.82) is 0 Å². The first-order chi connectivity index (χ1) is 11.5. The van der Waals surface area contributed by atoms with Crippen LogP contribution in [0.1, 0.15) is 46.5 Å². The Hall–Kier alpha value is -1.28. The monoisotopic (exact) mass is 374 g/mol. The Morgan fingerprint density at radius 1 is 1.32 bits per heavy atom. The molecule has 1 saturated carbocycles. The fraction of sp³-hybridized carbons (Fsp3) is 0.824. The molecule has 1 aliphatic carbocycles. The predicted octanol–water partition coefficient (Wildman–Crippen LogP) is 1.30. The van der Waals surface area contributed by atoms with Crippen molar-refractivity contribution in [1.82, 2.24) is 4.90 Å². The SMILES string of the molecule is COC(=O)[C@H](CS)N(C(=O)[C@@H](N)CC(=O)O)[C@H]1CCCC1C(C)(C)C. The molecule has 144 valence electrons. The van der Waals surface area contributed by atoms with Crippen LogP contribution in [0.25, 0.3) is 0 Å². The summed E-state index contributed by atoms with van der Waals surface area (Å²) in [6.07, 6.45) is 2.13. The maximum Gasteiger partial charge on any atom is 0.329 e. The van der Waals surface area contributed by atoms with Gasteiger partial charge >= 0.3 is 11.9 Å². The molecule has 1 amide bonds. The molecule has 7 nitrogen and oxygen atoms in total. The van der Waals surface area contributed by atoms with E-state index in [-0.39, 0.29) is 23.1 Å². The third-order valence-corrected chi connectivity index (χ3v) is 5.24. The summed E-state index contributed by atoms with van der Waals surface area (Å²) in [6.45, 7) is 6.30. The molecule has 1 unspecified atom stereocenters. The van der Waals surface area contributed by atoms with Gasteiger partial charge in [-0.05, 0) is 24.2 Å². The van der Waals surface area contributed by atoms with Crippen molar-refractivity contribution in [2.45, 2.75) is 64.6 Å². The van der Waals surface area contributed by atoms with Gasteiger partial charge < -0.3 is 20.5 Å². The number of methoxy groups -OCH3 is 1. The Morgan fingerprint density at radius 2 is 1.92 bits per heavy atom. The van der Waals surface area contributed by atoms with Crippen LogP contribution < -0.4 is 5.73 Å². The summed E-state index contributed by atoms with van der Waals surface area (Å²) in [5.41, 5.74) is 5.76. The fourth-order valence-corrected chi connectivity index (χ4v) is 4.04. The first-order valence-electron chi connectivity index (χ1n) is 8.52. The summed E-state index contributed by atoms with van der Waals surface area (Å²) in [5, 5.41) is 8.95. The number of nitrogens with two attached hydrogens (primary N) is 1. The minimum atomic E-state index is -1.20. The molecule has 0 radical (unpaired) electrons. The van der Waals surface area contributed by atoms with Gasteiger partial charge in [-0.15, -0.1) is 0 Å².